The van der Waals surface area contributed by atoms with Gasteiger partial charge in [0.05, 0.1) is 0 Å². The van der Waals surface area contributed by atoms with Crippen LogP contribution in [-0.4, -0.2) is 23.7 Å². The van der Waals surface area contributed by atoms with Gasteiger partial charge in [-0.2, -0.15) is 11.8 Å². The third-order valence-corrected chi connectivity index (χ3v) is 2.05. The predicted octanol–water partition coefficient (Wildman–Crippen LogP) is 1.76. The van der Waals surface area contributed by atoms with E-state index in [0.29, 0.717) is 12.5 Å². The Morgan fingerprint density at radius 1 is 1.56 bits per heavy atom. The average Bonchev–Trinajstić information content (AvgIpc) is 1.89. The summed E-state index contributed by atoms with van der Waals surface area (Å²) in [6.07, 6.45) is 4.52. The van der Waals surface area contributed by atoms with Crippen molar-refractivity contribution in [1.82, 2.24) is 0 Å². The van der Waals surface area contributed by atoms with Gasteiger partial charge >= 0.3 is 0 Å². The van der Waals surface area contributed by atoms with Gasteiger partial charge < -0.3 is 5.11 Å². The molecule has 0 amide bonds. The van der Waals surface area contributed by atoms with E-state index in [9.17, 15) is 0 Å². The second-order valence-corrected chi connectivity index (χ2v) is 3.41. The molecule has 0 saturated heterocycles. The van der Waals surface area contributed by atoms with Crippen LogP contribution >= 0.6 is 11.8 Å². The Balaban J connectivity index is 2.88. The molecule has 0 aliphatic rings. The zero-order chi connectivity index (χ0) is 7.11. The number of thioether (sulfide) groups is 1. The largest absolute Gasteiger partial charge is 0.396 e. The Morgan fingerprint density at radius 3 is 2.67 bits per heavy atom. The molecule has 1 nitrogen and oxygen atoms in total. The van der Waals surface area contributed by atoms with E-state index in [1.165, 1.54) is 12.2 Å². The molecule has 0 radical (unpaired) electrons. The van der Waals surface area contributed by atoms with Gasteiger partial charge in [-0.25, -0.2) is 0 Å². The number of hydrogen-bond acceptors (Lipinski definition) is 2. The van der Waals surface area contributed by atoms with E-state index in [2.05, 4.69) is 13.2 Å². The van der Waals surface area contributed by atoms with E-state index in [1.807, 2.05) is 11.8 Å². The van der Waals surface area contributed by atoms with E-state index < -0.39 is 0 Å². The van der Waals surface area contributed by atoms with Gasteiger partial charge in [0.25, 0.3) is 0 Å². The van der Waals surface area contributed by atoms with Gasteiger partial charge in [0.15, 0.2) is 0 Å². The van der Waals surface area contributed by atoms with Crippen molar-refractivity contribution in [3.8, 4) is 0 Å². The molecule has 1 N–H and O–H groups in total. The molecule has 0 aromatic carbocycles. The highest BCUT2D eigenvalue weighted by Gasteiger charge is 1.97. The maximum Gasteiger partial charge on any atom is 0.0456 e. The number of aliphatic hydroxyl groups excluding tert-OH is 1. The summed E-state index contributed by atoms with van der Waals surface area (Å²) in [6, 6.07) is 0. The van der Waals surface area contributed by atoms with E-state index >= 15 is 0 Å². The number of hydrogen-bond donors (Lipinski definition) is 1. The van der Waals surface area contributed by atoms with Gasteiger partial charge in [0.2, 0.25) is 0 Å². The molecule has 1 atom stereocenters. The van der Waals surface area contributed by atoms with Crippen LogP contribution in [0.4, 0.5) is 0 Å². The minimum absolute atomic E-state index is 0.342. The SMILES string of the molecule is CSCCCC(C)CO. The van der Waals surface area contributed by atoms with E-state index in [-0.39, 0.29) is 0 Å². The molecular weight excluding hydrogens is 132 g/mol. The van der Waals surface area contributed by atoms with Gasteiger partial charge in [0.1, 0.15) is 0 Å². The van der Waals surface area contributed by atoms with E-state index in [1.54, 1.807) is 0 Å². The first-order valence-corrected chi connectivity index (χ1v) is 4.80. The van der Waals surface area contributed by atoms with E-state index in [0.717, 1.165) is 6.42 Å². The van der Waals surface area contributed by atoms with Crippen LogP contribution in [0.5, 0.6) is 0 Å². The second-order valence-electron chi connectivity index (χ2n) is 2.42. The Hall–Kier alpha value is 0.310. The molecule has 1 unspecified atom stereocenters. The Labute approximate surface area is 61.8 Å². The van der Waals surface area contributed by atoms with Crippen LogP contribution in [0.25, 0.3) is 0 Å². The van der Waals surface area contributed by atoms with Crippen molar-refractivity contribution < 1.29 is 5.11 Å². The zero-order valence-corrected chi connectivity index (χ0v) is 7.08. The fraction of sp³-hybridized carbons (Fsp3) is 1.00. The lowest BCUT2D eigenvalue weighted by molar-refractivity contribution is 0.230. The Bertz CT molecular complexity index is 56.9. The summed E-state index contributed by atoms with van der Waals surface area (Å²) in [4.78, 5) is 0. The minimum atomic E-state index is 0.342. The lowest BCUT2D eigenvalue weighted by Crippen LogP contribution is -2.00. The van der Waals surface area contributed by atoms with Crippen LogP contribution in [0.2, 0.25) is 0 Å². The summed E-state index contributed by atoms with van der Waals surface area (Å²) >= 11 is 1.87. The first-order chi connectivity index (χ1) is 4.31. The third-order valence-electron chi connectivity index (χ3n) is 1.36. The van der Waals surface area contributed by atoms with Gasteiger partial charge in [-0.3, -0.25) is 0 Å². The Morgan fingerprint density at radius 2 is 2.22 bits per heavy atom. The quantitative estimate of drug-likeness (QED) is 0.599. The maximum absolute atomic E-state index is 8.63. The van der Waals surface area contributed by atoms with Crippen LogP contribution in [0.1, 0.15) is 19.8 Å². The predicted molar refractivity (Wildman–Crippen MR) is 43.9 cm³/mol. The molecule has 0 saturated carbocycles. The van der Waals surface area contributed by atoms with Crippen molar-refractivity contribution >= 4 is 11.8 Å². The van der Waals surface area contributed by atoms with Crippen molar-refractivity contribution in [2.24, 2.45) is 5.92 Å². The van der Waals surface area contributed by atoms with Crippen LogP contribution in [0.15, 0.2) is 0 Å². The second kappa shape index (κ2) is 6.43. The van der Waals surface area contributed by atoms with Crippen molar-refractivity contribution in [2.75, 3.05) is 18.6 Å². The molecule has 0 aromatic heterocycles. The summed E-state index contributed by atoms with van der Waals surface area (Å²) in [6.45, 7) is 2.43. The first kappa shape index (κ1) is 9.31. The average molecular weight is 148 g/mol. The summed E-state index contributed by atoms with van der Waals surface area (Å²) in [5.41, 5.74) is 0. The van der Waals surface area contributed by atoms with Gasteiger partial charge in [-0.15, -0.1) is 0 Å². The van der Waals surface area contributed by atoms with Crippen molar-refractivity contribution in [3.63, 3.8) is 0 Å². The first-order valence-electron chi connectivity index (χ1n) is 3.41. The fourth-order valence-electron chi connectivity index (χ4n) is 0.667. The zero-order valence-electron chi connectivity index (χ0n) is 6.26. The van der Waals surface area contributed by atoms with Crippen LogP contribution in [0.3, 0.4) is 0 Å². The lowest BCUT2D eigenvalue weighted by atomic mass is 10.1. The number of rotatable bonds is 5. The molecule has 0 aliphatic heterocycles. The molecule has 9 heavy (non-hydrogen) atoms. The highest BCUT2D eigenvalue weighted by Crippen LogP contribution is 2.06. The van der Waals surface area contributed by atoms with E-state index in [4.69, 9.17) is 5.11 Å². The van der Waals surface area contributed by atoms with Crippen molar-refractivity contribution in [2.45, 2.75) is 19.8 Å². The van der Waals surface area contributed by atoms with Gasteiger partial charge in [0, 0.05) is 6.61 Å². The standard InChI is InChI=1S/C7H16OS/c1-7(6-8)4-3-5-9-2/h7-8H,3-6H2,1-2H3. The molecule has 56 valence electrons. The van der Waals surface area contributed by atoms with Gasteiger partial charge in [-0.1, -0.05) is 6.92 Å². The molecule has 0 spiro atoms. The van der Waals surface area contributed by atoms with Crippen LogP contribution in [-0.2, 0) is 0 Å². The molecule has 0 heterocycles. The highest BCUT2D eigenvalue weighted by molar-refractivity contribution is 7.98. The van der Waals surface area contributed by atoms with Gasteiger partial charge in [-0.05, 0) is 30.8 Å². The number of aliphatic hydroxyl groups is 1. The lowest BCUT2D eigenvalue weighted by Gasteiger charge is -2.04. The smallest absolute Gasteiger partial charge is 0.0456 e. The van der Waals surface area contributed by atoms with Crippen molar-refractivity contribution in [1.29, 1.82) is 0 Å². The monoisotopic (exact) mass is 148 g/mol. The minimum Gasteiger partial charge on any atom is -0.396 e. The summed E-state index contributed by atoms with van der Waals surface area (Å²) in [7, 11) is 0. The third kappa shape index (κ3) is 6.19. The Kier molecular flexibility index (Phi) is 6.65. The highest BCUT2D eigenvalue weighted by atomic mass is 32.2. The topological polar surface area (TPSA) is 20.2 Å². The van der Waals surface area contributed by atoms with Crippen molar-refractivity contribution in [3.05, 3.63) is 0 Å². The molecule has 0 aliphatic carbocycles. The molecule has 0 fully saturated rings. The summed E-state index contributed by atoms with van der Waals surface area (Å²) in [5.74, 6) is 1.72. The molecule has 0 bridgehead atoms. The fourth-order valence-corrected chi connectivity index (χ4v) is 1.12. The normalized spacial score (nSPS) is 13.7. The van der Waals surface area contributed by atoms with Crippen LogP contribution < -0.4 is 0 Å². The summed E-state index contributed by atoms with van der Waals surface area (Å²) < 4.78 is 0. The molecule has 0 rings (SSSR count). The molecule has 0 aromatic rings. The van der Waals surface area contributed by atoms with Crippen LogP contribution in [0, 0.1) is 5.92 Å². The molecule has 2 heteroatoms. The maximum atomic E-state index is 8.63. The molecular formula is C7H16OS. The summed E-state index contributed by atoms with van der Waals surface area (Å²) in [5, 5.41) is 8.63.